The van der Waals surface area contributed by atoms with Crippen LogP contribution in [0.4, 0.5) is 0 Å². The topological polar surface area (TPSA) is 55.4 Å². The Hall–Kier alpha value is -3.14. The second kappa shape index (κ2) is 20.2. The van der Waals surface area contributed by atoms with Crippen LogP contribution in [-0.4, -0.2) is 13.7 Å². The molecular formula is C63H102O6P2. The Labute approximate surface area is 436 Å². The van der Waals surface area contributed by atoms with Crippen molar-refractivity contribution in [1.29, 1.82) is 0 Å². The third kappa shape index (κ3) is 13.4. The zero-order valence-electron chi connectivity index (χ0n) is 50.8. The molecule has 0 atom stereocenters. The molecule has 0 amide bonds. The molecule has 0 fully saturated rings. The summed E-state index contributed by atoms with van der Waals surface area (Å²) >= 11 is 0. The van der Waals surface area contributed by atoms with Crippen LogP contribution in [0, 0.1) is 27.7 Å². The quantitative estimate of drug-likeness (QED) is 0.132. The van der Waals surface area contributed by atoms with E-state index < -0.39 is 15.3 Å². The fourth-order valence-electron chi connectivity index (χ4n) is 8.97. The first-order chi connectivity index (χ1) is 31.7. The molecule has 0 unspecified atom stereocenters. The summed E-state index contributed by atoms with van der Waals surface area (Å²) in [6, 6.07) is 18.3. The molecule has 0 aliphatic rings. The summed E-state index contributed by atoms with van der Waals surface area (Å²) in [5.41, 5.74) is 11.0. The summed E-state index contributed by atoms with van der Waals surface area (Å²) in [6.07, 6.45) is 0. The van der Waals surface area contributed by atoms with Gasteiger partial charge in [0.1, 0.15) is 0 Å². The minimum atomic E-state index is -4.67. The molecule has 8 heteroatoms. The first-order valence-corrected chi connectivity index (χ1v) is 30.8. The van der Waals surface area contributed by atoms with Gasteiger partial charge in [-0.25, -0.2) is 0 Å². The molecule has 0 aliphatic carbocycles. The van der Waals surface area contributed by atoms with E-state index in [0.717, 1.165) is 44.5 Å². The molecule has 4 rings (SSSR count). The van der Waals surface area contributed by atoms with Gasteiger partial charge in [-0.3, -0.25) is 0 Å². The Morgan fingerprint density at radius 3 is 0.662 bits per heavy atom. The summed E-state index contributed by atoms with van der Waals surface area (Å²) in [5.74, 6) is 2.77. The van der Waals surface area contributed by atoms with Crippen molar-refractivity contribution >= 4 is 15.3 Å². The van der Waals surface area contributed by atoms with Crippen molar-refractivity contribution in [1.82, 2.24) is 0 Å². The molecule has 0 aliphatic heterocycles. The van der Waals surface area contributed by atoms with Gasteiger partial charge >= 0.3 is 439 Å². The van der Waals surface area contributed by atoms with Gasteiger partial charge in [0.15, 0.2) is 0 Å². The van der Waals surface area contributed by atoms with E-state index in [9.17, 15) is 0 Å². The molecule has 0 heterocycles. The fourth-order valence-corrected chi connectivity index (χ4v) is 17.2. The van der Waals surface area contributed by atoms with E-state index in [4.69, 9.17) is 27.1 Å². The summed E-state index contributed by atoms with van der Waals surface area (Å²) in [4.78, 5) is 0. The predicted molar refractivity (Wildman–Crippen MR) is 312 cm³/mol. The summed E-state index contributed by atoms with van der Waals surface area (Å²) < 4.78 is 47.2. The molecule has 71 heavy (non-hydrogen) atoms. The molecule has 6 nitrogen and oxygen atoms in total. The second-order valence-corrected chi connectivity index (χ2v) is 36.2. The average Bonchev–Trinajstić information content (AvgIpc) is 3.16. The standard InChI is InChI=1S/C63H102O6P2/c1-31-65-71(68-54-42(4)34-46(58(12,13)14)38-50(54)62(24,25)26,69-55-43(5)35-47(59(15,16)17)39-51(55)63(27,28)29)70(64-30,66-52-40(2)32-44(56(6,7)8)36-48(52)60(18,19)20)67-53-41(3)33-45(57(9,10)11)37-49(53)61(21,22)23/h32-39,70-71H,31H2,1-30H3. The Morgan fingerprint density at radius 2 is 0.507 bits per heavy atom. The van der Waals surface area contributed by atoms with Gasteiger partial charge in [0, 0.05) is 0 Å². The molecule has 0 saturated heterocycles. The maximum atomic E-state index is 8.09. The van der Waals surface area contributed by atoms with Crippen LogP contribution in [0.2, 0.25) is 0 Å². The molecule has 0 spiro atoms. The third-order valence-corrected chi connectivity index (χ3v) is 22.1. The van der Waals surface area contributed by atoms with Crippen LogP contribution in [0.15, 0.2) is 48.5 Å². The van der Waals surface area contributed by atoms with Gasteiger partial charge in [-0.2, -0.15) is 0 Å². The number of benzene rings is 4. The van der Waals surface area contributed by atoms with E-state index in [1.807, 2.05) is 6.92 Å². The normalized spacial score (nSPS) is 14.4. The zero-order valence-corrected chi connectivity index (χ0v) is 52.8. The molecule has 0 saturated carbocycles. The zero-order chi connectivity index (χ0) is 54.8. The van der Waals surface area contributed by atoms with Crippen LogP contribution in [-0.2, 0) is 52.4 Å². The average molecular weight is 1020 g/mol. The predicted octanol–water partition coefficient (Wildman–Crippen LogP) is 19.5. The van der Waals surface area contributed by atoms with Crippen molar-refractivity contribution in [2.75, 3.05) is 13.7 Å². The SMILES string of the molecule is CCO[PH](Oc1c(C)cc(C(C)(C)C)cc1C(C)(C)C)(Oc1c(C)cc(C(C)(C)C)cc1C(C)(C)C)[PH](OC)(Oc1c(C)cc(C(C)(C)C)cc1C(C)(C)C)Oc1c(C)cc(C(C)(C)C)cc1C(C)(C)C. The minimum absolute atomic E-state index is 0.126. The summed E-state index contributed by atoms with van der Waals surface area (Å²) in [7, 11) is -7.62. The van der Waals surface area contributed by atoms with E-state index in [0.29, 0.717) is 23.0 Å². The van der Waals surface area contributed by atoms with E-state index in [-0.39, 0.29) is 49.9 Å². The first kappa shape index (κ1) is 60.4. The summed E-state index contributed by atoms with van der Waals surface area (Å²) in [6.45, 7) is 64.9. The van der Waals surface area contributed by atoms with E-state index in [1.165, 1.54) is 22.3 Å². The van der Waals surface area contributed by atoms with Gasteiger partial charge in [0.2, 0.25) is 0 Å². The monoisotopic (exact) mass is 1020 g/mol. The molecule has 400 valence electrons. The van der Waals surface area contributed by atoms with Crippen molar-refractivity contribution in [2.45, 2.75) is 244 Å². The van der Waals surface area contributed by atoms with Crippen LogP contribution in [0.1, 0.15) is 240 Å². The van der Waals surface area contributed by atoms with Gasteiger partial charge in [-0.15, -0.1) is 0 Å². The van der Waals surface area contributed by atoms with Gasteiger partial charge in [0.25, 0.3) is 0 Å². The van der Waals surface area contributed by atoms with Gasteiger partial charge in [0.05, 0.1) is 0 Å². The van der Waals surface area contributed by atoms with Crippen molar-refractivity contribution in [3.8, 4) is 23.0 Å². The first-order valence-electron chi connectivity index (χ1n) is 26.3. The van der Waals surface area contributed by atoms with Crippen LogP contribution in [0.5, 0.6) is 23.0 Å². The number of aryl methyl sites for hydroxylation is 4. The molecule has 0 N–H and O–H groups in total. The molecule has 0 radical (unpaired) electrons. The number of hydrogen-bond acceptors (Lipinski definition) is 6. The van der Waals surface area contributed by atoms with Gasteiger partial charge in [-0.1, -0.05) is 0 Å². The van der Waals surface area contributed by atoms with Crippen molar-refractivity contribution in [3.05, 3.63) is 115 Å². The summed E-state index contributed by atoms with van der Waals surface area (Å²) in [5, 5.41) is 0. The van der Waals surface area contributed by atoms with Crippen molar-refractivity contribution in [3.63, 3.8) is 0 Å². The van der Waals surface area contributed by atoms with Crippen molar-refractivity contribution < 1.29 is 27.1 Å². The van der Waals surface area contributed by atoms with Gasteiger partial charge < -0.3 is 0 Å². The number of rotatable bonds is 12. The number of hydrogen-bond donors (Lipinski definition) is 0. The van der Waals surface area contributed by atoms with Crippen LogP contribution >= 0.6 is 15.3 Å². The molecule has 4 aromatic carbocycles. The van der Waals surface area contributed by atoms with E-state index in [1.54, 1.807) is 7.11 Å². The second-order valence-electron chi connectivity index (χ2n) is 28.8. The molecule has 4 aromatic rings. The van der Waals surface area contributed by atoms with Crippen LogP contribution in [0.25, 0.3) is 0 Å². The Kier molecular flexibility index (Phi) is 17.2. The molecular weight excluding hydrogens is 915 g/mol. The Bertz CT molecular complexity index is 2380. The molecule has 0 bridgehead atoms. The van der Waals surface area contributed by atoms with E-state index in [2.05, 4.69) is 242 Å². The van der Waals surface area contributed by atoms with Crippen LogP contribution < -0.4 is 18.1 Å². The van der Waals surface area contributed by atoms with Crippen molar-refractivity contribution in [2.24, 2.45) is 0 Å². The van der Waals surface area contributed by atoms with Crippen LogP contribution in [0.3, 0.4) is 0 Å². The fraction of sp³-hybridized carbons (Fsp3) is 0.619. The molecule has 0 aromatic heterocycles. The third-order valence-electron chi connectivity index (χ3n) is 13.7. The van der Waals surface area contributed by atoms with Gasteiger partial charge in [-0.05, 0) is 0 Å². The Morgan fingerprint density at radius 1 is 0.310 bits per heavy atom. The Balaban J connectivity index is 2.46. The van der Waals surface area contributed by atoms with E-state index >= 15 is 0 Å². The maximum absolute atomic E-state index is 8.09.